The van der Waals surface area contributed by atoms with Crippen LogP contribution in [-0.4, -0.2) is 38.4 Å². The molecule has 0 bridgehead atoms. The van der Waals surface area contributed by atoms with Gasteiger partial charge in [0.1, 0.15) is 0 Å². The average molecular weight is 172 g/mol. The Bertz CT molecular complexity index is 130. The SMILES string of the molecule is CON(C)CC1CCNC(C)C1. The zero-order chi connectivity index (χ0) is 8.97. The molecule has 0 aliphatic carbocycles. The third kappa shape index (κ3) is 3.09. The molecule has 1 aliphatic heterocycles. The lowest BCUT2D eigenvalue weighted by Gasteiger charge is -2.30. The minimum absolute atomic E-state index is 0.675. The van der Waals surface area contributed by atoms with Crippen molar-refractivity contribution in [1.82, 2.24) is 10.4 Å². The third-order valence-corrected chi connectivity index (χ3v) is 2.56. The average Bonchev–Trinajstić information content (AvgIpc) is 2.04. The van der Waals surface area contributed by atoms with Gasteiger partial charge in [0, 0.05) is 19.6 Å². The molecule has 1 N–H and O–H groups in total. The first-order valence-corrected chi connectivity index (χ1v) is 4.71. The Kier molecular flexibility index (Phi) is 3.98. The molecule has 2 unspecified atom stereocenters. The standard InChI is InChI=1S/C9H20N2O/c1-8-6-9(4-5-10-8)7-11(2)12-3/h8-10H,4-7H2,1-3H3. The van der Waals surface area contributed by atoms with Crippen molar-refractivity contribution in [2.24, 2.45) is 5.92 Å². The summed E-state index contributed by atoms with van der Waals surface area (Å²) in [6.07, 6.45) is 2.55. The van der Waals surface area contributed by atoms with Gasteiger partial charge in [0.2, 0.25) is 0 Å². The van der Waals surface area contributed by atoms with Crippen molar-refractivity contribution < 1.29 is 4.84 Å². The van der Waals surface area contributed by atoms with Gasteiger partial charge in [0.25, 0.3) is 0 Å². The van der Waals surface area contributed by atoms with Gasteiger partial charge < -0.3 is 10.2 Å². The number of nitrogens with zero attached hydrogens (tertiary/aromatic N) is 1. The van der Waals surface area contributed by atoms with Crippen molar-refractivity contribution in [3.05, 3.63) is 0 Å². The van der Waals surface area contributed by atoms with E-state index < -0.39 is 0 Å². The predicted molar refractivity (Wildman–Crippen MR) is 49.8 cm³/mol. The molecule has 0 amide bonds. The topological polar surface area (TPSA) is 24.5 Å². The first-order chi connectivity index (χ1) is 5.72. The summed E-state index contributed by atoms with van der Waals surface area (Å²) in [4.78, 5) is 5.10. The van der Waals surface area contributed by atoms with E-state index in [1.807, 2.05) is 12.1 Å². The number of hydrogen-bond donors (Lipinski definition) is 1. The molecule has 1 rings (SSSR count). The van der Waals surface area contributed by atoms with Crippen molar-refractivity contribution in [3.8, 4) is 0 Å². The minimum Gasteiger partial charge on any atom is -0.314 e. The van der Waals surface area contributed by atoms with Gasteiger partial charge >= 0.3 is 0 Å². The zero-order valence-electron chi connectivity index (χ0n) is 8.34. The second-order valence-electron chi connectivity index (χ2n) is 3.74. The number of hydroxylamine groups is 2. The summed E-state index contributed by atoms with van der Waals surface area (Å²) in [5.41, 5.74) is 0. The number of piperidine rings is 1. The maximum absolute atomic E-state index is 5.10. The van der Waals surface area contributed by atoms with Crippen LogP contribution in [0.25, 0.3) is 0 Å². The van der Waals surface area contributed by atoms with Crippen molar-refractivity contribution in [1.29, 1.82) is 0 Å². The number of rotatable bonds is 3. The van der Waals surface area contributed by atoms with Crippen LogP contribution in [0, 0.1) is 5.92 Å². The smallest absolute Gasteiger partial charge is 0.0575 e. The largest absolute Gasteiger partial charge is 0.314 e. The highest BCUT2D eigenvalue weighted by Crippen LogP contribution is 2.16. The second-order valence-corrected chi connectivity index (χ2v) is 3.74. The first kappa shape index (κ1) is 9.96. The summed E-state index contributed by atoms with van der Waals surface area (Å²) < 4.78 is 0. The van der Waals surface area contributed by atoms with Crippen LogP contribution >= 0.6 is 0 Å². The number of hydrogen-bond acceptors (Lipinski definition) is 3. The van der Waals surface area contributed by atoms with Crippen LogP contribution in [-0.2, 0) is 4.84 Å². The summed E-state index contributed by atoms with van der Waals surface area (Å²) in [5, 5.41) is 5.36. The van der Waals surface area contributed by atoms with Crippen molar-refractivity contribution in [2.75, 3.05) is 27.2 Å². The van der Waals surface area contributed by atoms with Gasteiger partial charge in [-0.05, 0) is 32.2 Å². The first-order valence-electron chi connectivity index (χ1n) is 4.71. The van der Waals surface area contributed by atoms with Crippen LogP contribution in [0.1, 0.15) is 19.8 Å². The molecule has 12 heavy (non-hydrogen) atoms. The molecule has 72 valence electrons. The molecule has 2 atom stereocenters. The van der Waals surface area contributed by atoms with Crippen LogP contribution in [0.2, 0.25) is 0 Å². The lowest BCUT2D eigenvalue weighted by Crippen LogP contribution is -2.39. The minimum atomic E-state index is 0.675. The fourth-order valence-electron chi connectivity index (χ4n) is 1.84. The highest BCUT2D eigenvalue weighted by Gasteiger charge is 2.19. The lowest BCUT2D eigenvalue weighted by atomic mass is 9.93. The third-order valence-electron chi connectivity index (χ3n) is 2.56. The Morgan fingerprint density at radius 3 is 2.92 bits per heavy atom. The Morgan fingerprint density at radius 2 is 2.33 bits per heavy atom. The molecule has 1 heterocycles. The van der Waals surface area contributed by atoms with Crippen LogP contribution in [0.3, 0.4) is 0 Å². The maximum Gasteiger partial charge on any atom is 0.0575 e. The molecular weight excluding hydrogens is 152 g/mol. The molecule has 3 heteroatoms. The molecular formula is C9H20N2O. The zero-order valence-corrected chi connectivity index (χ0v) is 8.34. The summed E-state index contributed by atoms with van der Waals surface area (Å²) in [6.45, 7) is 4.46. The highest BCUT2D eigenvalue weighted by atomic mass is 16.7. The fourth-order valence-corrected chi connectivity index (χ4v) is 1.84. The maximum atomic E-state index is 5.10. The fraction of sp³-hybridized carbons (Fsp3) is 1.00. The van der Waals surface area contributed by atoms with Gasteiger partial charge in [-0.15, -0.1) is 0 Å². The Balaban J connectivity index is 2.22. The summed E-state index contributed by atoms with van der Waals surface area (Å²) >= 11 is 0. The van der Waals surface area contributed by atoms with E-state index in [-0.39, 0.29) is 0 Å². The molecule has 1 aliphatic rings. The molecule has 0 radical (unpaired) electrons. The normalized spacial score (nSPS) is 31.0. The van der Waals surface area contributed by atoms with E-state index in [4.69, 9.17) is 4.84 Å². The molecule has 0 saturated carbocycles. The molecule has 3 nitrogen and oxygen atoms in total. The van der Waals surface area contributed by atoms with Crippen LogP contribution in [0.4, 0.5) is 0 Å². The van der Waals surface area contributed by atoms with Gasteiger partial charge in [0.05, 0.1) is 7.11 Å². The summed E-state index contributed by atoms with van der Waals surface area (Å²) in [7, 11) is 3.72. The van der Waals surface area contributed by atoms with Gasteiger partial charge in [-0.25, -0.2) is 0 Å². The molecule has 0 aromatic carbocycles. The van der Waals surface area contributed by atoms with E-state index in [9.17, 15) is 0 Å². The van der Waals surface area contributed by atoms with E-state index in [2.05, 4.69) is 12.2 Å². The van der Waals surface area contributed by atoms with Crippen LogP contribution in [0.5, 0.6) is 0 Å². The van der Waals surface area contributed by atoms with E-state index in [0.29, 0.717) is 6.04 Å². The van der Waals surface area contributed by atoms with Gasteiger partial charge in [0.15, 0.2) is 0 Å². The van der Waals surface area contributed by atoms with E-state index in [0.717, 1.165) is 19.0 Å². The molecule has 0 spiro atoms. The monoisotopic (exact) mass is 172 g/mol. The van der Waals surface area contributed by atoms with E-state index in [1.54, 1.807) is 7.11 Å². The molecule has 0 aromatic rings. The Labute approximate surface area is 75.0 Å². The molecule has 1 fully saturated rings. The summed E-state index contributed by atoms with van der Waals surface area (Å²) in [5.74, 6) is 0.797. The molecule has 1 saturated heterocycles. The Hall–Kier alpha value is -0.120. The summed E-state index contributed by atoms with van der Waals surface area (Å²) in [6, 6.07) is 0.675. The lowest BCUT2D eigenvalue weighted by molar-refractivity contribution is -0.120. The van der Waals surface area contributed by atoms with Crippen LogP contribution in [0.15, 0.2) is 0 Å². The van der Waals surface area contributed by atoms with Crippen molar-refractivity contribution in [3.63, 3.8) is 0 Å². The number of nitrogens with one attached hydrogen (secondary N) is 1. The van der Waals surface area contributed by atoms with Gasteiger partial charge in [-0.1, -0.05) is 0 Å². The van der Waals surface area contributed by atoms with Crippen molar-refractivity contribution >= 4 is 0 Å². The van der Waals surface area contributed by atoms with E-state index >= 15 is 0 Å². The predicted octanol–water partition coefficient (Wildman–Crippen LogP) is 0.868. The van der Waals surface area contributed by atoms with E-state index in [1.165, 1.54) is 12.8 Å². The molecule has 0 aromatic heterocycles. The van der Waals surface area contributed by atoms with Gasteiger partial charge in [-0.3, -0.25) is 0 Å². The van der Waals surface area contributed by atoms with Crippen molar-refractivity contribution in [2.45, 2.75) is 25.8 Å². The Morgan fingerprint density at radius 1 is 1.58 bits per heavy atom. The van der Waals surface area contributed by atoms with Gasteiger partial charge in [-0.2, -0.15) is 5.06 Å². The van der Waals surface area contributed by atoms with Crippen LogP contribution < -0.4 is 5.32 Å². The quantitative estimate of drug-likeness (QED) is 0.639. The highest BCUT2D eigenvalue weighted by molar-refractivity contribution is 4.75. The second kappa shape index (κ2) is 4.80.